The summed E-state index contributed by atoms with van der Waals surface area (Å²) in [7, 11) is 0. The van der Waals surface area contributed by atoms with Gasteiger partial charge in [-0.3, -0.25) is 10.2 Å². The highest BCUT2D eigenvalue weighted by atomic mass is 32.2. The molecule has 0 aliphatic carbocycles. The Morgan fingerprint density at radius 3 is 2.73 bits per heavy atom. The molecule has 0 unspecified atom stereocenters. The van der Waals surface area contributed by atoms with Crippen molar-refractivity contribution in [2.75, 3.05) is 6.61 Å². The Balaban J connectivity index is 1.58. The molecule has 0 saturated carbocycles. The summed E-state index contributed by atoms with van der Waals surface area (Å²) in [5, 5.41) is 15.5. The van der Waals surface area contributed by atoms with Crippen LogP contribution >= 0.6 is 11.8 Å². The molecule has 170 valence electrons. The van der Waals surface area contributed by atoms with E-state index in [2.05, 4.69) is 10.1 Å². The van der Waals surface area contributed by atoms with Gasteiger partial charge in [-0.25, -0.2) is 4.39 Å². The number of ether oxygens (including phenoxy) is 2. The van der Waals surface area contributed by atoms with E-state index in [-0.39, 0.29) is 23.8 Å². The van der Waals surface area contributed by atoms with Gasteiger partial charge in [-0.1, -0.05) is 31.2 Å². The molecule has 9 heteroatoms. The van der Waals surface area contributed by atoms with E-state index >= 15 is 0 Å². The van der Waals surface area contributed by atoms with Gasteiger partial charge in [-0.15, -0.1) is 0 Å². The predicted molar refractivity (Wildman–Crippen MR) is 128 cm³/mol. The molecule has 1 amide bonds. The van der Waals surface area contributed by atoms with E-state index in [1.165, 1.54) is 22.8 Å². The van der Waals surface area contributed by atoms with Gasteiger partial charge in [-0.05, 0) is 61.4 Å². The van der Waals surface area contributed by atoms with Crippen molar-refractivity contribution in [2.24, 2.45) is 10.1 Å². The van der Waals surface area contributed by atoms with Crippen LogP contribution in [0.2, 0.25) is 0 Å². The second kappa shape index (κ2) is 9.99. The van der Waals surface area contributed by atoms with Crippen LogP contribution in [-0.4, -0.2) is 33.6 Å². The Kier molecular flexibility index (Phi) is 6.88. The third kappa shape index (κ3) is 4.98. The number of aliphatic imine (C=N–C) groups is 1. The topological polar surface area (TPSA) is 87.3 Å². The quantitative estimate of drug-likeness (QED) is 0.539. The number of hydrazone groups is 1. The summed E-state index contributed by atoms with van der Waals surface area (Å²) in [6, 6.07) is 11.6. The molecule has 0 saturated heterocycles. The highest BCUT2D eigenvalue weighted by molar-refractivity contribution is 8.26. The molecular formula is C24H23FN4O3S. The molecule has 0 bridgehead atoms. The number of amides is 1. The van der Waals surface area contributed by atoms with Gasteiger partial charge < -0.3 is 9.47 Å². The van der Waals surface area contributed by atoms with Crippen molar-refractivity contribution in [3.05, 3.63) is 65.0 Å². The van der Waals surface area contributed by atoms with Crippen molar-refractivity contribution < 1.29 is 18.7 Å². The standard InChI is InChI=1S/C24H23FN4O3S/c1-3-7-21-28-29-22(26)17(23(30)27-24(29)33-21)12-15-10-11-19(20(13-15)31-4-2)32-14-16-8-5-6-9-18(16)25/h5-6,8-13,26H,3-4,7,14H2,1-2H3/b17-12-,26-22?. The number of nitrogens with zero attached hydrogens (tertiary/aromatic N) is 3. The Morgan fingerprint density at radius 1 is 1.15 bits per heavy atom. The van der Waals surface area contributed by atoms with Gasteiger partial charge in [0, 0.05) is 5.56 Å². The highest BCUT2D eigenvalue weighted by Crippen LogP contribution is 2.33. The maximum Gasteiger partial charge on any atom is 0.283 e. The summed E-state index contributed by atoms with van der Waals surface area (Å²) in [5.41, 5.74) is 1.23. The first-order chi connectivity index (χ1) is 16.0. The van der Waals surface area contributed by atoms with Crippen molar-refractivity contribution in [3.8, 4) is 11.5 Å². The van der Waals surface area contributed by atoms with Gasteiger partial charge in [0.05, 0.1) is 12.2 Å². The number of benzene rings is 2. The Bertz CT molecular complexity index is 1190. The van der Waals surface area contributed by atoms with E-state index in [1.807, 2.05) is 13.8 Å². The fourth-order valence-electron chi connectivity index (χ4n) is 3.29. The molecule has 2 aliphatic rings. The van der Waals surface area contributed by atoms with Gasteiger partial charge in [0.2, 0.25) is 5.17 Å². The van der Waals surface area contributed by atoms with E-state index in [0.29, 0.717) is 34.4 Å². The summed E-state index contributed by atoms with van der Waals surface area (Å²) < 4.78 is 25.4. The van der Waals surface area contributed by atoms with Crippen LogP contribution in [-0.2, 0) is 11.4 Å². The Labute approximate surface area is 195 Å². The van der Waals surface area contributed by atoms with E-state index in [1.54, 1.807) is 42.5 Å². The predicted octanol–water partition coefficient (Wildman–Crippen LogP) is 5.22. The van der Waals surface area contributed by atoms with Crippen LogP contribution in [0.5, 0.6) is 11.5 Å². The highest BCUT2D eigenvalue weighted by Gasteiger charge is 2.35. The minimum absolute atomic E-state index is 0.0126. The van der Waals surface area contributed by atoms with Gasteiger partial charge >= 0.3 is 0 Å². The van der Waals surface area contributed by atoms with Crippen LogP contribution in [0.3, 0.4) is 0 Å². The SMILES string of the molecule is CCCC1=NN2C(=N)/C(=C/c3ccc(OCc4ccccc4F)c(OCC)c3)C(=O)N=C2S1. The smallest absolute Gasteiger partial charge is 0.283 e. The lowest BCUT2D eigenvalue weighted by atomic mass is 10.1. The van der Waals surface area contributed by atoms with Gasteiger partial charge in [0.1, 0.15) is 17.5 Å². The molecule has 2 aliphatic heterocycles. The lowest BCUT2D eigenvalue weighted by Gasteiger charge is -2.20. The number of halogens is 1. The molecule has 33 heavy (non-hydrogen) atoms. The summed E-state index contributed by atoms with van der Waals surface area (Å²) in [4.78, 5) is 16.7. The molecule has 2 aromatic carbocycles. The van der Waals surface area contributed by atoms with Crippen LogP contribution in [0.1, 0.15) is 37.8 Å². The van der Waals surface area contributed by atoms with Gasteiger partial charge in [0.15, 0.2) is 17.3 Å². The van der Waals surface area contributed by atoms with E-state index in [0.717, 1.165) is 17.9 Å². The number of nitrogens with one attached hydrogen (secondary N) is 1. The summed E-state index contributed by atoms with van der Waals surface area (Å²) in [6.07, 6.45) is 3.28. The number of amidine groups is 2. The Morgan fingerprint density at radius 2 is 1.97 bits per heavy atom. The molecule has 1 N–H and O–H groups in total. The molecule has 7 nitrogen and oxygen atoms in total. The van der Waals surface area contributed by atoms with Crippen molar-refractivity contribution >= 4 is 39.8 Å². The third-order valence-corrected chi connectivity index (χ3v) is 5.85. The largest absolute Gasteiger partial charge is 0.490 e. The number of carbonyl (C=O) groups is 1. The number of thioether (sulfide) groups is 1. The first-order valence-corrected chi connectivity index (χ1v) is 11.4. The zero-order valence-electron chi connectivity index (χ0n) is 18.3. The molecule has 2 heterocycles. The summed E-state index contributed by atoms with van der Waals surface area (Å²) in [6.45, 7) is 4.35. The number of carbonyl (C=O) groups excluding carboxylic acids is 1. The molecule has 0 radical (unpaired) electrons. The minimum Gasteiger partial charge on any atom is -0.490 e. The van der Waals surface area contributed by atoms with E-state index in [9.17, 15) is 9.18 Å². The lowest BCUT2D eigenvalue weighted by Crippen LogP contribution is -2.35. The monoisotopic (exact) mass is 466 g/mol. The first kappa shape index (κ1) is 22.7. The van der Waals surface area contributed by atoms with E-state index in [4.69, 9.17) is 14.9 Å². The van der Waals surface area contributed by atoms with Crippen LogP contribution in [0, 0.1) is 11.2 Å². The first-order valence-electron chi connectivity index (χ1n) is 10.6. The molecule has 0 spiro atoms. The van der Waals surface area contributed by atoms with Crippen LogP contribution in [0.25, 0.3) is 6.08 Å². The van der Waals surface area contributed by atoms with Crippen molar-refractivity contribution in [3.63, 3.8) is 0 Å². The third-order valence-electron chi connectivity index (χ3n) is 4.88. The number of fused-ring (bicyclic) bond motifs is 1. The normalized spacial score (nSPS) is 16.6. The molecule has 2 aromatic rings. The second-order valence-electron chi connectivity index (χ2n) is 7.28. The number of hydrogen-bond donors (Lipinski definition) is 1. The fourth-order valence-corrected chi connectivity index (χ4v) is 4.27. The zero-order chi connectivity index (χ0) is 23.4. The van der Waals surface area contributed by atoms with Gasteiger partial charge in [0.25, 0.3) is 5.91 Å². The summed E-state index contributed by atoms with van der Waals surface area (Å²) in [5.74, 6) is 0.0846. The lowest BCUT2D eigenvalue weighted by molar-refractivity contribution is -0.114. The summed E-state index contributed by atoms with van der Waals surface area (Å²) >= 11 is 1.32. The molecule has 0 fully saturated rings. The van der Waals surface area contributed by atoms with Crippen LogP contribution in [0.15, 0.2) is 58.1 Å². The maximum atomic E-state index is 13.9. The molecule has 4 rings (SSSR count). The molecule has 0 aromatic heterocycles. The van der Waals surface area contributed by atoms with Crippen molar-refractivity contribution in [1.29, 1.82) is 5.41 Å². The average Bonchev–Trinajstić information content (AvgIpc) is 3.20. The van der Waals surface area contributed by atoms with E-state index < -0.39 is 5.91 Å². The number of rotatable bonds is 8. The minimum atomic E-state index is -0.482. The molecule has 0 atom stereocenters. The Hall–Kier alpha value is -3.46. The van der Waals surface area contributed by atoms with Gasteiger partial charge in [-0.2, -0.15) is 15.1 Å². The van der Waals surface area contributed by atoms with Crippen molar-refractivity contribution in [2.45, 2.75) is 33.3 Å². The fraction of sp³-hybridized carbons (Fsp3) is 0.250. The maximum absolute atomic E-state index is 13.9. The zero-order valence-corrected chi connectivity index (χ0v) is 19.1. The van der Waals surface area contributed by atoms with Crippen LogP contribution < -0.4 is 9.47 Å². The molecular weight excluding hydrogens is 443 g/mol. The van der Waals surface area contributed by atoms with Crippen LogP contribution in [0.4, 0.5) is 4.39 Å². The van der Waals surface area contributed by atoms with Crippen molar-refractivity contribution in [1.82, 2.24) is 5.01 Å². The average molecular weight is 467 g/mol. The number of hydrogen-bond acceptors (Lipinski definition) is 6. The second-order valence-corrected chi connectivity index (χ2v) is 8.32.